The predicted octanol–water partition coefficient (Wildman–Crippen LogP) is 1.13. The van der Waals surface area contributed by atoms with Gasteiger partial charge in [-0.1, -0.05) is 0 Å². The number of nitrogen functional groups attached to an aromatic ring is 1. The number of rotatable bonds is 2. The summed E-state index contributed by atoms with van der Waals surface area (Å²) >= 11 is 0. The van der Waals surface area contributed by atoms with Gasteiger partial charge in [0.25, 0.3) is 0 Å². The van der Waals surface area contributed by atoms with Crippen molar-refractivity contribution in [1.29, 1.82) is 0 Å². The minimum atomic E-state index is -3.74. The topological polar surface area (TPSA) is 72.6 Å². The van der Waals surface area contributed by atoms with Crippen LogP contribution in [0.3, 0.4) is 0 Å². The van der Waals surface area contributed by atoms with E-state index in [4.69, 9.17) is 10.5 Å². The van der Waals surface area contributed by atoms with Crippen molar-refractivity contribution >= 4 is 15.7 Å². The molecule has 0 amide bonds. The van der Waals surface area contributed by atoms with Crippen LogP contribution in [0.25, 0.3) is 0 Å². The monoisotopic (exact) mass is 288 g/mol. The molecule has 1 fully saturated rings. The molecule has 1 unspecified atom stereocenters. The van der Waals surface area contributed by atoms with Crippen LogP contribution in [0.2, 0.25) is 0 Å². The maximum atomic E-state index is 13.6. The molecular formula is C12H17FN2O3S. The molecule has 0 aromatic heterocycles. The normalized spacial score (nSPS) is 21.5. The number of halogens is 1. The van der Waals surface area contributed by atoms with Crippen LogP contribution in [0.1, 0.15) is 12.5 Å². The molecule has 1 saturated heterocycles. The Bertz CT molecular complexity index is 566. The molecule has 1 aromatic rings. The van der Waals surface area contributed by atoms with Gasteiger partial charge in [0.1, 0.15) is 5.82 Å². The van der Waals surface area contributed by atoms with Crippen molar-refractivity contribution in [1.82, 2.24) is 4.31 Å². The lowest BCUT2D eigenvalue weighted by Crippen LogP contribution is -2.46. The highest BCUT2D eigenvalue weighted by Gasteiger charge is 2.32. The Hall–Kier alpha value is -1.18. The largest absolute Gasteiger partial charge is 0.398 e. The maximum Gasteiger partial charge on any atom is 0.243 e. The summed E-state index contributed by atoms with van der Waals surface area (Å²) < 4.78 is 45.1. The van der Waals surface area contributed by atoms with Gasteiger partial charge >= 0.3 is 0 Å². The van der Waals surface area contributed by atoms with E-state index in [0.29, 0.717) is 13.2 Å². The predicted molar refractivity (Wildman–Crippen MR) is 69.7 cm³/mol. The summed E-state index contributed by atoms with van der Waals surface area (Å²) in [4.78, 5) is -0.109. The molecule has 0 spiro atoms. The Morgan fingerprint density at radius 3 is 2.74 bits per heavy atom. The van der Waals surface area contributed by atoms with Gasteiger partial charge in [0.15, 0.2) is 0 Å². The van der Waals surface area contributed by atoms with Crippen molar-refractivity contribution in [3.63, 3.8) is 0 Å². The highest BCUT2D eigenvalue weighted by Crippen LogP contribution is 2.25. The van der Waals surface area contributed by atoms with Gasteiger partial charge in [0.2, 0.25) is 10.0 Å². The van der Waals surface area contributed by atoms with Gasteiger partial charge in [-0.25, -0.2) is 12.8 Å². The molecule has 2 rings (SSSR count). The lowest BCUT2D eigenvalue weighted by molar-refractivity contribution is 0.0392. The van der Waals surface area contributed by atoms with Gasteiger partial charge < -0.3 is 10.5 Å². The van der Waals surface area contributed by atoms with Crippen LogP contribution < -0.4 is 5.73 Å². The lowest BCUT2D eigenvalue weighted by atomic mass is 10.2. The average Bonchev–Trinajstić information content (AvgIpc) is 2.35. The van der Waals surface area contributed by atoms with Crippen molar-refractivity contribution in [3.05, 3.63) is 23.5 Å². The minimum absolute atomic E-state index is 0.109. The molecular weight excluding hydrogens is 271 g/mol. The first-order valence-electron chi connectivity index (χ1n) is 5.99. The molecule has 2 N–H and O–H groups in total. The summed E-state index contributed by atoms with van der Waals surface area (Å²) in [5.41, 5.74) is 6.03. The number of anilines is 1. The quantitative estimate of drug-likeness (QED) is 0.828. The number of benzene rings is 1. The zero-order chi connectivity index (χ0) is 14.2. The fraction of sp³-hybridized carbons (Fsp3) is 0.500. The van der Waals surface area contributed by atoms with E-state index in [2.05, 4.69) is 0 Å². The molecule has 0 radical (unpaired) electrons. The van der Waals surface area contributed by atoms with Gasteiger partial charge in [-0.15, -0.1) is 0 Å². The third-order valence-electron chi connectivity index (χ3n) is 3.27. The standard InChI is InChI=1S/C12H17FN2O3S/c1-8-7-18-4-3-15(8)19(16,17)10-5-11(13)9(2)12(14)6-10/h5-6,8H,3-4,7,14H2,1-2H3. The Kier molecular flexibility index (Phi) is 3.80. The Morgan fingerprint density at radius 1 is 1.47 bits per heavy atom. The second-order valence-corrected chi connectivity index (χ2v) is 6.55. The zero-order valence-electron chi connectivity index (χ0n) is 10.9. The molecule has 1 aromatic carbocycles. The van der Waals surface area contributed by atoms with Gasteiger partial charge in [0, 0.05) is 23.8 Å². The smallest absolute Gasteiger partial charge is 0.243 e. The van der Waals surface area contributed by atoms with Crippen molar-refractivity contribution in [2.75, 3.05) is 25.5 Å². The number of nitrogens with zero attached hydrogens (tertiary/aromatic N) is 1. The van der Waals surface area contributed by atoms with Crippen LogP contribution in [0, 0.1) is 12.7 Å². The summed E-state index contributed by atoms with van der Waals surface area (Å²) in [5.74, 6) is -0.612. The molecule has 106 valence electrons. The van der Waals surface area contributed by atoms with Crippen molar-refractivity contribution < 1.29 is 17.5 Å². The Labute approximate surface area is 112 Å². The number of morpholine rings is 1. The van der Waals surface area contributed by atoms with Crippen LogP contribution >= 0.6 is 0 Å². The molecule has 7 heteroatoms. The molecule has 1 atom stereocenters. The van der Waals surface area contributed by atoms with E-state index in [1.54, 1.807) is 6.92 Å². The van der Waals surface area contributed by atoms with Crippen LogP contribution in [0.15, 0.2) is 17.0 Å². The van der Waals surface area contributed by atoms with Gasteiger partial charge in [-0.05, 0) is 26.0 Å². The third-order valence-corrected chi connectivity index (χ3v) is 5.26. The van der Waals surface area contributed by atoms with Crippen molar-refractivity contribution in [3.8, 4) is 0 Å². The Morgan fingerprint density at radius 2 is 2.16 bits per heavy atom. The number of hydrogen-bond acceptors (Lipinski definition) is 4. The van der Waals surface area contributed by atoms with E-state index < -0.39 is 15.8 Å². The molecule has 0 bridgehead atoms. The summed E-state index contributed by atoms with van der Waals surface area (Å²) in [6.45, 7) is 4.21. The number of sulfonamides is 1. The van der Waals surface area contributed by atoms with Crippen LogP contribution in [-0.4, -0.2) is 38.5 Å². The number of hydrogen-bond donors (Lipinski definition) is 1. The average molecular weight is 288 g/mol. The maximum absolute atomic E-state index is 13.6. The molecule has 0 aliphatic carbocycles. The highest BCUT2D eigenvalue weighted by molar-refractivity contribution is 7.89. The summed E-state index contributed by atoms with van der Waals surface area (Å²) in [6, 6.07) is 2.04. The van der Waals surface area contributed by atoms with Gasteiger partial charge in [0.05, 0.1) is 18.1 Å². The zero-order valence-corrected chi connectivity index (χ0v) is 11.7. The summed E-state index contributed by atoms with van der Waals surface area (Å²) in [5, 5.41) is 0. The fourth-order valence-corrected chi connectivity index (χ4v) is 3.68. The number of nitrogens with two attached hydrogens (primary N) is 1. The van der Waals surface area contributed by atoms with Crippen molar-refractivity contribution in [2.45, 2.75) is 24.8 Å². The SMILES string of the molecule is Cc1c(N)cc(S(=O)(=O)N2CCOCC2C)cc1F. The Balaban J connectivity index is 2.44. The molecule has 1 aliphatic rings. The number of ether oxygens (including phenoxy) is 1. The summed E-state index contributed by atoms with van der Waals surface area (Å²) in [6.07, 6.45) is 0. The first-order valence-corrected chi connectivity index (χ1v) is 7.43. The van der Waals surface area contributed by atoms with Crippen molar-refractivity contribution in [2.24, 2.45) is 0 Å². The molecule has 1 aliphatic heterocycles. The second kappa shape index (κ2) is 5.07. The van der Waals surface area contributed by atoms with Gasteiger partial charge in [-0.2, -0.15) is 4.31 Å². The van der Waals surface area contributed by atoms with Crippen LogP contribution in [0.5, 0.6) is 0 Å². The minimum Gasteiger partial charge on any atom is -0.398 e. The van der Waals surface area contributed by atoms with E-state index in [9.17, 15) is 12.8 Å². The third kappa shape index (κ3) is 2.58. The first-order chi connectivity index (χ1) is 8.84. The van der Waals surface area contributed by atoms with E-state index in [1.165, 1.54) is 17.3 Å². The van der Waals surface area contributed by atoms with Gasteiger partial charge in [-0.3, -0.25) is 0 Å². The van der Waals surface area contributed by atoms with E-state index in [1.807, 2.05) is 0 Å². The van der Waals surface area contributed by atoms with Crippen LogP contribution in [-0.2, 0) is 14.8 Å². The summed E-state index contributed by atoms with van der Waals surface area (Å²) in [7, 11) is -3.74. The van der Waals surface area contributed by atoms with E-state index in [-0.39, 0.29) is 28.7 Å². The second-order valence-electron chi connectivity index (χ2n) is 4.66. The van der Waals surface area contributed by atoms with Crippen LogP contribution in [0.4, 0.5) is 10.1 Å². The molecule has 1 heterocycles. The molecule has 0 saturated carbocycles. The highest BCUT2D eigenvalue weighted by atomic mass is 32.2. The lowest BCUT2D eigenvalue weighted by Gasteiger charge is -2.32. The fourth-order valence-electron chi connectivity index (χ4n) is 2.03. The molecule has 19 heavy (non-hydrogen) atoms. The van der Waals surface area contributed by atoms with E-state index in [0.717, 1.165) is 6.07 Å². The molecule has 5 nitrogen and oxygen atoms in total. The first kappa shape index (κ1) is 14.2. The van der Waals surface area contributed by atoms with E-state index >= 15 is 0 Å².